The average Bonchev–Trinajstić information content (AvgIpc) is 3.20. The van der Waals surface area contributed by atoms with Crippen molar-refractivity contribution >= 4 is 23.1 Å². The highest BCUT2D eigenvalue weighted by Gasteiger charge is 2.19. The molecule has 0 unspecified atom stereocenters. The highest BCUT2D eigenvalue weighted by Crippen LogP contribution is 2.38. The number of nitrogens with one attached hydrogen (secondary N) is 1. The Bertz CT molecular complexity index is 1480. The average molecular weight is 433 g/mol. The van der Waals surface area contributed by atoms with Crippen LogP contribution in [0.3, 0.4) is 0 Å². The van der Waals surface area contributed by atoms with Crippen molar-refractivity contribution in [2.24, 2.45) is 5.73 Å². The second-order valence-electron chi connectivity index (χ2n) is 8.12. The van der Waals surface area contributed by atoms with Crippen LogP contribution in [0.2, 0.25) is 0 Å². The fourth-order valence-electron chi connectivity index (χ4n) is 4.21. The molecular formula is C28H24N4O. The third-order valence-electron chi connectivity index (χ3n) is 5.89. The van der Waals surface area contributed by atoms with Gasteiger partial charge in [0.1, 0.15) is 17.2 Å². The minimum Gasteiger partial charge on any atom is -0.366 e. The quantitative estimate of drug-likeness (QED) is 0.351. The van der Waals surface area contributed by atoms with E-state index in [-0.39, 0.29) is 0 Å². The van der Waals surface area contributed by atoms with Gasteiger partial charge in [-0.3, -0.25) is 9.20 Å². The van der Waals surface area contributed by atoms with E-state index >= 15 is 0 Å². The van der Waals surface area contributed by atoms with E-state index in [2.05, 4.69) is 47.8 Å². The summed E-state index contributed by atoms with van der Waals surface area (Å²) in [5.41, 5.74) is 14.0. The summed E-state index contributed by atoms with van der Waals surface area (Å²) in [5, 5.41) is 3.67. The van der Waals surface area contributed by atoms with Gasteiger partial charge in [-0.05, 0) is 60.4 Å². The van der Waals surface area contributed by atoms with E-state index in [1.54, 1.807) is 6.07 Å². The van der Waals surface area contributed by atoms with Gasteiger partial charge in [-0.2, -0.15) is 0 Å². The Hall–Kier alpha value is -4.38. The second-order valence-corrected chi connectivity index (χ2v) is 8.12. The molecule has 5 nitrogen and oxygen atoms in total. The van der Waals surface area contributed by atoms with Crippen LogP contribution in [0.25, 0.3) is 28.0 Å². The molecule has 0 fully saturated rings. The van der Waals surface area contributed by atoms with Gasteiger partial charge in [0.15, 0.2) is 0 Å². The maximum Gasteiger partial charge on any atom is 0.248 e. The Balaban J connectivity index is 1.74. The van der Waals surface area contributed by atoms with Crippen LogP contribution in [0.5, 0.6) is 0 Å². The Morgan fingerprint density at radius 2 is 1.55 bits per heavy atom. The number of hydrogen-bond acceptors (Lipinski definition) is 3. The number of pyridine rings is 1. The predicted octanol–water partition coefficient (Wildman–Crippen LogP) is 6.13. The number of carbonyl (C=O) groups excluding carboxylic acids is 1. The highest BCUT2D eigenvalue weighted by atomic mass is 16.1. The molecule has 3 aromatic carbocycles. The topological polar surface area (TPSA) is 72.4 Å². The summed E-state index contributed by atoms with van der Waals surface area (Å²) in [7, 11) is 0. The molecule has 5 heteroatoms. The fraction of sp³-hybridized carbons (Fsp3) is 0.0714. The van der Waals surface area contributed by atoms with Gasteiger partial charge in [-0.15, -0.1) is 0 Å². The molecule has 5 rings (SSSR count). The number of hydrogen-bond donors (Lipinski definition) is 2. The summed E-state index contributed by atoms with van der Waals surface area (Å²) in [6.45, 7) is 4.20. The van der Waals surface area contributed by atoms with Crippen LogP contribution in [0.15, 0.2) is 91.1 Å². The van der Waals surface area contributed by atoms with E-state index in [1.807, 2.05) is 60.8 Å². The van der Waals surface area contributed by atoms with Gasteiger partial charge in [-0.1, -0.05) is 60.7 Å². The Labute approximate surface area is 192 Å². The van der Waals surface area contributed by atoms with Crippen molar-refractivity contribution in [2.45, 2.75) is 13.8 Å². The number of benzene rings is 3. The minimum absolute atomic E-state index is 0.445. The van der Waals surface area contributed by atoms with Crippen molar-refractivity contribution in [1.29, 1.82) is 0 Å². The molecule has 5 aromatic rings. The van der Waals surface area contributed by atoms with Gasteiger partial charge < -0.3 is 11.1 Å². The molecule has 0 aliphatic rings. The number of anilines is 2. The number of amides is 1. The van der Waals surface area contributed by atoms with Gasteiger partial charge in [0.2, 0.25) is 5.91 Å². The third kappa shape index (κ3) is 3.74. The number of aromatic nitrogens is 2. The summed E-state index contributed by atoms with van der Waals surface area (Å²) in [6.07, 6.45) is 2.01. The Kier molecular flexibility index (Phi) is 5.15. The first kappa shape index (κ1) is 20.5. The number of nitrogens with two attached hydrogens (primary N) is 1. The molecular weight excluding hydrogens is 408 g/mol. The molecule has 2 aromatic heterocycles. The summed E-state index contributed by atoms with van der Waals surface area (Å²) >= 11 is 0. The second kappa shape index (κ2) is 8.28. The highest BCUT2D eigenvalue weighted by molar-refractivity contribution is 5.96. The molecule has 3 N–H and O–H groups in total. The lowest BCUT2D eigenvalue weighted by atomic mass is 9.96. The lowest BCUT2D eigenvalue weighted by molar-refractivity contribution is 0.100. The van der Waals surface area contributed by atoms with Crippen molar-refractivity contribution in [2.75, 3.05) is 5.32 Å². The first-order chi connectivity index (χ1) is 16.0. The van der Waals surface area contributed by atoms with Gasteiger partial charge in [0.05, 0.1) is 0 Å². The normalized spacial score (nSPS) is 11.0. The maximum absolute atomic E-state index is 11.8. The zero-order chi connectivity index (χ0) is 22.9. The smallest absolute Gasteiger partial charge is 0.248 e. The predicted molar refractivity (Wildman–Crippen MR) is 134 cm³/mol. The monoisotopic (exact) mass is 432 g/mol. The van der Waals surface area contributed by atoms with Crippen LogP contribution in [-0.4, -0.2) is 15.3 Å². The molecule has 1 amide bonds. The van der Waals surface area contributed by atoms with Gasteiger partial charge in [-0.25, -0.2) is 4.98 Å². The molecule has 0 spiro atoms. The number of nitrogens with zero attached hydrogens (tertiary/aromatic N) is 2. The van der Waals surface area contributed by atoms with E-state index < -0.39 is 5.91 Å². The van der Waals surface area contributed by atoms with Crippen molar-refractivity contribution in [3.05, 3.63) is 108 Å². The van der Waals surface area contributed by atoms with E-state index in [1.165, 1.54) is 0 Å². The van der Waals surface area contributed by atoms with Gasteiger partial charge in [0.25, 0.3) is 0 Å². The molecule has 2 heterocycles. The van der Waals surface area contributed by atoms with Crippen LogP contribution < -0.4 is 11.1 Å². The summed E-state index contributed by atoms with van der Waals surface area (Å²) in [5.74, 6) is 0.445. The number of fused-ring (bicyclic) bond motifs is 1. The third-order valence-corrected chi connectivity index (χ3v) is 5.89. The molecule has 0 bridgehead atoms. The van der Waals surface area contributed by atoms with Crippen LogP contribution >= 0.6 is 0 Å². The van der Waals surface area contributed by atoms with Crippen LogP contribution in [0, 0.1) is 13.8 Å². The maximum atomic E-state index is 11.8. The van der Waals surface area contributed by atoms with Crippen molar-refractivity contribution in [3.63, 3.8) is 0 Å². The van der Waals surface area contributed by atoms with Crippen molar-refractivity contribution in [1.82, 2.24) is 9.38 Å². The number of primary amides is 1. The molecule has 33 heavy (non-hydrogen) atoms. The first-order valence-corrected chi connectivity index (χ1v) is 10.8. The zero-order valence-corrected chi connectivity index (χ0v) is 18.5. The first-order valence-electron chi connectivity index (χ1n) is 10.8. The number of para-hydroxylation sites is 1. The minimum atomic E-state index is -0.445. The molecule has 0 radical (unpaired) electrons. The van der Waals surface area contributed by atoms with E-state index in [0.29, 0.717) is 5.56 Å². The van der Waals surface area contributed by atoms with Gasteiger partial charge in [0, 0.05) is 23.0 Å². The van der Waals surface area contributed by atoms with Crippen molar-refractivity contribution < 1.29 is 4.79 Å². The van der Waals surface area contributed by atoms with Crippen molar-refractivity contribution in [3.8, 4) is 22.4 Å². The molecule has 162 valence electrons. The van der Waals surface area contributed by atoms with E-state index in [9.17, 15) is 4.79 Å². The van der Waals surface area contributed by atoms with Crippen LogP contribution in [0.4, 0.5) is 11.5 Å². The lowest BCUT2D eigenvalue weighted by Gasteiger charge is -2.15. The number of carbonyl (C=O) groups is 1. The van der Waals surface area contributed by atoms with Crippen LogP contribution in [0.1, 0.15) is 21.5 Å². The summed E-state index contributed by atoms with van der Waals surface area (Å²) in [6, 6.07) is 27.7. The lowest BCUT2D eigenvalue weighted by Crippen LogP contribution is -2.10. The SMILES string of the molecule is Cc1cccc(C)c1Nc1c(-c2ccccc2-c2cccc(C(N)=O)c2)nc2ccccn12. The number of rotatable bonds is 5. The Morgan fingerprint density at radius 1 is 0.848 bits per heavy atom. The largest absolute Gasteiger partial charge is 0.366 e. The van der Waals surface area contributed by atoms with Crippen LogP contribution in [-0.2, 0) is 0 Å². The molecule has 0 saturated heterocycles. The Morgan fingerprint density at radius 3 is 2.30 bits per heavy atom. The molecule has 0 aliphatic carbocycles. The van der Waals surface area contributed by atoms with Gasteiger partial charge >= 0.3 is 0 Å². The van der Waals surface area contributed by atoms with E-state index in [0.717, 1.165) is 50.7 Å². The fourth-order valence-corrected chi connectivity index (χ4v) is 4.21. The molecule has 0 aliphatic heterocycles. The zero-order valence-electron chi connectivity index (χ0n) is 18.5. The number of imidazole rings is 1. The molecule has 0 saturated carbocycles. The number of aryl methyl sites for hydroxylation is 2. The van der Waals surface area contributed by atoms with E-state index in [4.69, 9.17) is 10.7 Å². The summed E-state index contributed by atoms with van der Waals surface area (Å²) in [4.78, 5) is 16.8. The molecule has 0 atom stereocenters. The summed E-state index contributed by atoms with van der Waals surface area (Å²) < 4.78 is 2.07. The standard InChI is InChI=1S/C28H24N4O/c1-18-9-7-10-19(2)25(18)31-28-26(30-24-15-5-6-16-32(24)28)23-14-4-3-13-22(23)20-11-8-12-21(17-20)27(29)33/h3-17,31H,1-2H3,(H2,29,33).